The quantitative estimate of drug-likeness (QED) is 0.324. The number of cyclic esters (lactones) is 1. The SMILES string of the molecule is C/C(=C\c1cc(F)cc(N(C)C2CCN(C(=O)c3cnco3)CC2)c1)[C@H]1OC(=O)C[C@H](O)CC[C@H](C)[C@H](OC(=O)N2CCN(C)CC2)/C=C/[C@@H]1C. The number of rotatable bonds is 6. The number of piperazine rings is 1. The lowest BCUT2D eigenvalue weighted by Gasteiger charge is -2.37. The van der Waals surface area contributed by atoms with Crippen LogP contribution >= 0.6 is 0 Å². The maximum atomic E-state index is 15.1. The maximum Gasteiger partial charge on any atom is 0.410 e. The van der Waals surface area contributed by atoms with Gasteiger partial charge in [-0.3, -0.25) is 9.59 Å². The molecule has 0 aliphatic carbocycles. The van der Waals surface area contributed by atoms with E-state index in [1.165, 1.54) is 24.7 Å². The van der Waals surface area contributed by atoms with Gasteiger partial charge in [0.15, 0.2) is 6.39 Å². The number of aliphatic hydroxyl groups is 1. The molecule has 51 heavy (non-hydrogen) atoms. The number of aromatic nitrogens is 1. The smallest absolute Gasteiger partial charge is 0.410 e. The van der Waals surface area contributed by atoms with Gasteiger partial charge in [-0.1, -0.05) is 26.0 Å². The van der Waals surface area contributed by atoms with Crippen molar-refractivity contribution < 1.29 is 37.8 Å². The van der Waals surface area contributed by atoms with Gasteiger partial charge in [-0.15, -0.1) is 0 Å². The van der Waals surface area contributed by atoms with Crippen molar-refractivity contribution in [1.82, 2.24) is 19.7 Å². The molecule has 0 saturated carbocycles. The number of nitrogens with zero attached hydrogens (tertiary/aromatic N) is 5. The first-order valence-corrected chi connectivity index (χ1v) is 18.0. The summed E-state index contributed by atoms with van der Waals surface area (Å²) in [7, 11) is 3.95. The lowest BCUT2D eigenvalue weighted by Crippen LogP contribution is -2.48. The van der Waals surface area contributed by atoms with Gasteiger partial charge in [0, 0.05) is 64.0 Å². The molecule has 3 aliphatic heterocycles. The number of aliphatic hydroxyl groups excluding tert-OH is 1. The number of ether oxygens (including phenoxy) is 2. The first kappa shape index (κ1) is 38.0. The summed E-state index contributed by atoms with van der Waals surface area (Å²) < 4.78 is 32.2. The molecule has 1 aromatic heterocycles. The molecule has 2 saturated heterocycles. The predicted octanol–water partition coefficient (Wildman–Crippen LogP) is 5.00. The van der Waals surface area contributed by atoms with E-state index in [9.17, 15) is 19.5 Å². The molecule has 278 valence electrons. The Balaban J connectivity index is 1.31. The lowest BCUT2D eigenvalue weighted by molar-refractivity contribution is -0.151. The molecular formula is C38H52FN5O7. The van der Waals surface area contributed by atoms with Crippen molar-refractivity contribution in [3.63, 3.8) is 0 Å². The first-order chi connectivity index (χ1) is 24.4. The summed E-state index contributed by atoms with van der Waals surface area (Å²) in [6, 6.07) is 4.92. The van der Waals surface area contributed by atoms with Crippen molar-refractivity contribution in [3.8, 4) is 0 Å². The summed E-state index contributed by atoms with van der Waals surface area (Å²) in [5, 5.41) is 10.7. The molecule has 2 amide bonds. The molecule has 5 rings (SSSR count). The van der Waals surface area contributed by atoms with Crippen LogP contribution in [0, 0.1) is 17.7 Å². The minimum Gasteiger partial charge on any atom is -0.457 e. The molecule has 0 radical (unpaired) electrons. The highest BCUT2D eigenvalue weighted by atomic mass is 19.1. The van der Waals surface area contributed by atoms with Gasteiger partial charge in [-0.25, -0.2) is 14.2 Å². The van der Waals surface area contributed by atoms with Crippen molar-refractivity contribution in [2.45, 2.75) is 77.2 Å². The number of hydrogen-bond donors (Lipinski definition) is 1. The molecule has 5 atom stereocenters. The number of esters is 1. The van der Waals surface area contributed by atoms with E-state index >= 15 is 4.39 Å². The van der Waals surface area contributed by atoms with Crippen LogP contribution in [0.1, 0.15) is 69.0 Å². The average Bonchev–Trinajstić information content (AvgIpc) is 3.65. The van der Waals surface area contributed by atoms with Gasteiger partial charge >= 0.3 is 12.1 Å². The monoisotopic (exact) mass is 709 g/mol. The molecule has 3 aliphatic rings. The number of hydrogen-bond acceptors (Lipinski definition) is 10. The van der Waals surface area contributed by atoms with Crippen LogP contribution in [0.3, 0.4) is 0 Å². The van der Waals surface area contributed by atoms with Gasteiger partial charge in [-0.05, 0) is 81.0 Å². The lowest BCUT2D eigenvalue weighted by atomic mass is 9.91. The van der Waals surface area contributed by atoms with Gasteiger partial charge in [-0.2, -0.15) is 0 Å². The van der Waals surface area contributed by atoms with Crippen LogP contribution in [0.2, 0.25) is 0 Å². The second-order valence-corrected chi connectivity index (χ2v) is 14.3. The summed E-state index contributed by atoms with van der Waals surface area (Å²) in [4.78, 5) is 50.3. The number of likely N-dealkylation sites (tertiary alicyclic amines) is 1. The number of amides is 2. The van der Waals surface area contributed by atoms with Gasteiger partial charge in [0.1, 0.15) is 18.0 Å². The zero-order valence-electron chi connectivity index (χ0n) is 30.4. The summed E-state index contributed by atoms with van der Waals surface area (Å²) in [5.41, 5.74) is 2.00. The number of likely N-dealkylation sites (N-methyl/N-ethyl adjacent to an activating group) is 1. The first-order valence-electron chi connectivity index (χ1n) is 18.0. The molecule has 2 aromatic rings. The van der Waals surface area contributed by atoms with Crippen LogP contribution in [0.4, 0.5) is 14.9 Å². The van der Waals surface area contributed by atoms with Crippen molar-refractivity contribution in [2.24, 2.45) is 11.8 Å². The van der Waals surface area contributed by atoms with Crippen molar-refractivity contribution in [2.75, 3.05) is 58.3 Å². The van der Waals surface area contributed by atoms with Crippen molar-refractivity contribution in [3.05, 3.63) is 65.7 Å². The maximum absolute atomic E-state index is 15.1. The second kappa shape index (κ2) is 17.3. The number of carbonyl (C=O) groups is 3. The Kier molecular flexibility index (Phi) is 12.9. The number of anilines is 1. The number of oxazole rings is 1. The number of carbonyl (C=O) groups excluding carboxylic acids is 3. The molecule has 13 heteroatoms. The van der Waals surface area contributed by atoms with Crippen LogP contribution < -0.4 is 4.90 Å². The Bertz CT molecular complexity index is 1550. The van der Waals surface area contributed by atoms with Gasteiger partial charge in [0.05, 0.1) is 18.7 Å². The normalized spacial score (nSPS) is 26.8. The molecule has 1 aromatic carbocycles. The fourth-order valence-electron chi connectivity index (χ4n) is 7.00. The molecule has 4 heterocycles. The number of piperidine rings is 1. The van der Waals surface area contributed by atoms with Crippen molar-refractivity contribution >= 4 is 29.7 Å². The third-order valence-electron chi connectivity index (χ3n) is 10.4. The molecule has 2 fully saturated rings. The van der Waals surface area contributed by atoms with E-state index < -0.39 is 30.1 Å². The highest BCUT2D eigenvalue weighted by Crippen LogP contribution is 2.29. The highest BCUT2D eigenvalue weighted by Gasteiger charge is 2.30. The topological polar surface area (TPSA) is 129 Å². The summed E-state index contributed by atoms with van der Waals surface area (Å²) >= 11 is 0. The van der Waals surface area contributed by atoms with E-state index in [0.29, 0.717) is 68.7 Å². The minimum atomic E-state index is -0.897. The zero-order chi connectivity index (χ0) is 36.7. The van der Waals surface area contributed by atoms with Gasteiger partial charge in [0.2, 0.25) is 5.76 Å². The Labute approximate surface area is 299 Å². The van der Waals surface area contributed by atoms with Gasteiger partial charge in [0.25, 0.3) is 5.91 Å². The third kappa shape index (κ3) is 10.2. The highest BCUT2D eigenvalue weighted by molar-refractivity contribution is 5.91. The van der Waals surface area contributed by atoms with Crippen LogP contribution in [0.15, 0.2) is 52.9 Å². The molecule has 0 bridgehead atoms. The summed E-state index contributed by atoms with van der Waals surface area (Å²) in [5.74, 6) is -1.30. The molecular weight excluding hydrogens is 657 g/mol. The average molecular weight is 710 g/mol. The summed E-state index contributed by atoms with van der Waals surface area (Å²) in [6.07, 6.45) is 7.93. The van der Waals surface area contributed by atoms with E-state index in [0.717, 1.165) is 13.1 Å². The van der Waals surface area contributed by atoms with Gasteiger partial charge < -0.3 is 38.6 Å². The van der Waals surface area contributed by atoms with Crippen LogP contribution in [0.25, 0.3) is 6.08 Å². The summed E-state index contributed by atoms with van der Waals surface area (Å²) in [6.45, 7) is 9.58. The zero-order valence-corrected chi connectivity index (χ0v) is 30.4. The molecule has 12 nitrogen and oxygen atoms in total. The number of benzene rings is 1. The Morgan fingerprint density at radius 2 is 1.75 bits per heavy atom. The fourth-order valence-corrected chi connectivity index (χ4v) is 7.00. The molecule has 0 spiro atoms. The predicted molar refractivity (Wildman–Crippen MR) is 190 cm³/mol. The third-order valence-corrected chi connectivity index (χ3v) is 10.4. The van der Waals surface area contributed by atoms with Crippen LogP contribution in [-0.4, -0.2) is 120 Å². The largest absolute Gasteiger partial charge is 0.457 e. The van der Waals surface area contributed by atoms with E-state index in [1.54, 1.807) is 9.80 Å². The van der Waals surface area contributed by atoms with E-state index in [2.05, 4.69) is 9.88 Å². The molecule has 1 N–H and O–H groups in total. The van der Waals surface area contributed by atoms with Crippen LogP contribution in [0.5, 0.6) is 0 Å². The number of halogens is 1. The fraction of sp³-hybridized carbons (Fsp3) is 0.579. The van der Waals surface area contributed by atoms with Crippen molar-refractivity contribution in [1.29, 1.82) is 0 Å². The Morgan fingerprint density at radius 1 is 1.02 bits per heavy atom. The van der Waals surface area contributed by atoms with E-state index in [1.807, 2.05) is 64.1 Å². The van der Waals surface area contributed by atoms with E-state index in [4.69, 9.17) is 13.9 Å². The standard InChI is InChI=1S/C38H52FN5O7/c1-25-6-8-32(45)22-35(46)51-36(26(2)7-9-33(25)50-38(48)44-16-14-41(4)15-17-44)27(3)18-28-19-29(39)21-31(20-28)42(5)30-10-12-43(13-11-30)37(47)34-23-40-24-49-34/h7,9,18-21,23-26,30,32-33,36,45H,6,8,10-17,22H2,1-5H3/b9-7+,27-18+/t25-,26-,32+,33+,36-/m0/s1. The Hall–Kier alpha value is -4.23. The second-order valence-electron chi connectivity index (χ2n) is 14.3. The minimum absolute atomic E-state index is 0.0891. The Morgan fingerprint density at radius 3 is 2.43 bits per heavy atom. The molecule has 0 unspecified atom stereocenters. The van der Waals surface area contributed by atoms with Crippen LogP contribution in [-0.2, 0) is 14.3 Å². The van der Waals surface area contributed by atoms with E-state index in [-0.39, 0.29) is 42.1 Å².